The van der Waals surface area contributed by atoms with Crippen LogP contribution in [-0.4, -0.2) is 62.5 Å². The largest absolute Gasteiger partial charge is 0.370 e. The maximum absolute atomic E-state index is 13.6. The maximum Gasteiger partial charge on any atom is 0.251 e. The minimum Gasteiger partial charge on any atom is -0.370 e. The minimum absolute atomic E-state index is 0.163. The molecule has 36 heavy (non-hydrogen) atoms. The van der Waals surface area contributed by atoms with Crippen LogP contribution in [0.3, 0.4) is 0 Å². The van der Waals surface area contributed by atoms with Crippen molar-refractivity contribution in [2.24, 2.45) is 5.92 Å². The van der Waals surface area contributed by atoms with E-state index in [2.05, 4.69) is 26.9 Å². The van der Waals surface area contributed by atoms with Gasteiger partial charge in [-0.25, -0.2) is 22.7 Å². The van der Waals surface area contributed by atoms with Gasteiger partial charge in [0.25, 0.3) is 5.92 Å². The number of piperidine rings is 2. The van der Waals surface area contributed by atoms with E-state index in [0.29, 0.717) is 23.1 Å². The van der Waals surface area contributed by atoms with E-state index in [1.807, 2.05) is 47.5 Å². The lowest BCUT2D eigenvalue weighted by atomic mass is 9.98. The van der Waals surface area contributed by atoms with Gasteiger partial charge in [0.2, 0.25) is 0 Å². The Morgan fingerprint density at radius 3 is 2.47 bits per heavy atom. The molecule has 11 heteroatoms. The molecule has 0 saturated carbocycles. The number of hydrogen-bond donors (Lipinski definition) is 1. The van der Waals surface area contributed by atoms with Crippen molar-refractivity contribution in [2.45, 2.75) is 38.5 Å². The van der Waals surface area contributed by atoms with Gasteiger partial charge in [-0.15, -0.1) is 5.10 Å². The Balaban J connectivity index is 1.43. The zero-order chi connectivity index (χ0) is 25.3. The fourth-order valence-electron chi connectivity index (χ4n) is 4.75. The SMILES string of the molecule is CC1CCN(c2cc(NS(C)=O)ccc2-n2cc(-c3cccc(N4CCC(F)(F)CC4)n3)nn2)CC1. The second-order valence-electron chi connectivity index (χ2n) is 9.70. The van der Waals surface area contributed by atoms with Crippen LogP contribution in [-0.2, 0) is 11.0 Å². The second kappa shape index (κ2) is 10.1. The number of nitrogens with one attached hydrogen (secondary N) is 1. The van der Waals surface area contributed by atoms with Crippen molar-refractivity contribution in [3.63, 3.8) is 0 Å². The highest BCUT2D eigenvalue weighted by molar-refractivity contribution is 7.85. The Kier molecular flexibility index (Phi) is 6.92. The molecule has 0 radical (unpaired) electrons. The van der Waals surface area contributed by atoms with E-state index in [1.165, 1.54) is 0 Å². The Morgan fingerprint density at radius 2 is 1.75 bits per heavy atom. The molecular weight excluding hydrogens is 484 g/mol. The number of pyridine rings is 1. The Bertz CT molecular complexity index is 1230. The second-order valence-corrected chi connectivity index (χ2v) is 10.8. The Morgan fingerprint density at radius 1 is 1.00 bits per heavy atom. The minimum atomic E-state index is -2.60. The number of nitrogens with zero attached hydrogens (tertiary/aromatic N) is 6. The van der Waals surface area contributed by atoms with E-state index in [9.17, 15) is 13.0 Å². The Labute approximate surface area is 212 Å². The first-order valence-electron chi connectivity index (χ1n) is 12.3. The van der Waals surface area contributed by atoms with Crippen LogP contribution in [0.2, 0.25) is 0 Å². The van der Waals surface area contributed by atoms with Crippen LogP contribution in [0.5, 0.6) is 0 Å². The highest BCUT2D eigenvalue weighted by Crippen LogP contribution is 2.33. The zero-order valence-corrected chi connectivity index (χ0v) is 21.3. The first-order valence-corrected chi connectivity index (χ1v) is 13.9. The van der Waals surface area contributed by atoms with E-state index < -0.39 is 16.9 Å². The van der Waals surface area contributed by atoms with Crippen LogP contribution in [0.25, 0.3) is 17.1 Å². The lowest BCUT2D eigenvalue weighted by Gasteiger charge is -2.33. The summed E-state index contributed by atoms with van der Waals surface area (Å²) < 4.78 is 43.6. The van der Waals surface area contributed by atoms with Crippen LogP contribution in [0, 0.1) is 5.92 Å². The first kappa shape index (κ1) is 24.6. The summed E-state index contributed by atoms with van der Waals surface area (Å²) in [6.45, 7) is 4.70. The van der Waals surface area contributed by atoms with Crippen molar-refractivity contribution in [1.29, 1.82) is 0 Å². The van der Waals surface area contributed by atoms with Crippen LogP contribution in [0.1, 0.15) is 32.6 Å². The van der Waals surface area contributed by atoms with Crippen molar-refractivity contribution in [1.82, 2.24) is 20.0 Å². The predicted octanol–water partition coefficient (Wildman–Crippen LogP) is 4.51. The molecule has 2 fully saturated rings. The Hall–Kier alpha value is -3.08. The van der Waals surface area contributed by atoms with Gasteiger partial charge in [-0.1, -0.05) is 18.2 Å². The summed E-state index contributed by atoms with van der Waals surface area (Å²) in [7, 11) is -1.17. The summed E-state index contributed by atoms with van der Waals surface area (Å²) in [5.41, 5.74) is 3.92. The fourth-order valence-corrected chi connectivity index (χ4v) is 5.21. The van der Waals surface area contributed by atoms with Gasteiger partial charge in [0.05, 0.1) is 23.3 Å². The normalized spacial score (nSPS) is 19.3. The van der Waals surface area contributed by atoms with Crippen LogP contribution in [0.15, 0.2) is 42.6 Å². The number of anilines is 3. The molecule has 4 heterocycles. The summed E-state index contributed by atoms with van der Waals surface area (Å²) in [6, 6.07) is 11.4. The van der Waals surface area contributed by atoms with Gasteiger partial charge in [0, 0.05) is 51.0 Å². The molecule has 2 aliphatic heterocycles. The zero-order valence-electron chi connectivity index (χ0n) is 20.5. The van der Waals surface area contributed by atoms with Crippen LogP contribution < -0.4 is 14.5 Å². The van der Waals surface area contributed by atoms with E-state index in [1.54, 1.807) is 10.9 Å². The van der Waals surface area contributed by atoms with Gasteiger partial charge in [0.1, 0.15) is 22.5 Å². The number of aromatic nitrogens is 4. The van der Waals surface area contributed by atoms with Gasteiger partial charge < -0.3 is 14.5 Å². The lowest BCUT2D eigenvalue weighted by molar-refractivity contribution is -0.0221. The molecule has 0 bridgehead atoms. The van der Waals surface area contributed by atoms with Gasteiger partial charge in [-0.3, -0.25) is 0 Å². The van der Waals surface area contributed by atoms with Crippen molar-refractivity contribution < 1.29 is 13.0 Å². The summed E-state index contributed by atoms with van der Waals surface area (Å²) in [6.07, 6.45) is 5.34. The third-order valence-electron chi connectivity index (χ3n) is 6.92. The van der Waals surface area contributed by atoms with E-state index in [-0.39, 0.29) is 25.9 Å². The predicted molar refractivity (Wildman–Crippen MR) is 139 cm³/mol. The molecule has 0 aliphatic carbocycles. The average Bonchev–Trinajstić information content (AvgIpc) is 3.34. The summed E-state index contributed by atoms with van der Waals surface area (Å²) in [4.78, 5) is 8.93. The molecule has 1 unspecified atom stereocenters. The number of halogens is 2. The van der Waals surface area contributed by atoms with Gasteiger partial charge >= 0.3 is 0 Å². The number of benzene rings is 1. The molecule has 1 N–H and O–H groups in total. The molecule has 0 amide bonds. The molecule has 2 aliphatic rings. The summed E-state index contributed by atoms with van der Waals surface area (Å²) in [5.74, 6) is -1.24. The average molecular weight is 516 g/mol. The number of rotatable bonds is 6. The molecular formula is C25H31F2N7OS. The number of hydrogen-bond acceptors (Lipinski definition) is 6. The quantitative estimate of drug-likeness (QED) is 0.521. The molecule has 2 saturated heterocycles. The molecule has 192 valence electrons. The van der Waals surface area contributed by atoms with E-state index >= 15 is 0 Å². The summed E-state index contributed by atoms with van der Waals surface area (Å²) >= 11 is 0. The third-order valence-corrected chi connectivity index (χ3v) is 7.44. The molecule has 1 atom stereocenters. The molecule has 8 nitrogen and oxygen atoms in total. The summed E-state index contributed by atoms with van der Waals surface area (Å²) in [5, 5.41) is 8.76. The van der Waals surface area contributed by atoms with E-state index in [4.69, 9.17) is 4.98 Å². The van der Waals surface area contributed by atoms with Crippen molar-refractivity contribution >= 4 is 28.2 Å². The van der Waals surface area contributed by atoms with Crippen molar-refractivity contribution in [3.8, 4) is 17.1 Å². The molecule has 0 spiro atoms. The smallest absolute Gasteiger partial charge is 0.251 e. The van der Waals surface area contributed by atoms with Crippen molar-refractivity contribution in [2.75, 3.05) is 47.0 Å². The number of alkyl halides is 2. The first-order chi connectivity index (χ1) is 17.3. The van der Waals surface area contributed by atoms with Crippen molar-refractivity contribution in [3.05, 3.63) is 42.6 Å². The molecule has 3 aromatic rings. The standard InChI is InChI=1S/C25H31F2N7OS/c1-18-8-12-32(13-9-18)23-16-19(30-36(2)35)6-7-22(23)34-17-21(29-31-34)20-4-3-5-24(28-20)33-14-10-25(26,27)11-15-33/h3-7,16-18,30H,8-15H2,1-2H3. The highest BCUT2D eigenvalue weighted by atomic mass is 32.2. The monoisotopic (exact) mass is 515 g/mol. The topological polar surface area (TPSA) is 79.2 Å². The van der Waals surface area contributed by atoms with Crippen LogP contribution in [0.4, 0.5) is 26.0 Å². The molecule has 5 rings (SSSR count). The molecule has 2 aromatic heterocycles. The maximum atomic E-state index is 13.6. The van der Waals surface area contributed by atoms with Gasteiger partial charge in [-0.05, 0) is 49.1 Å². The third kappa shape index (κ3) is 5.50. The van der Waals surface area contributed by atoms with Gasteiger partial charge in [0.15, 0.2) is 0 Å². The van der Waals surface area contributed by atoms with Gasteiger partial charge in [-0.2, -0.15) is 0 Å². The lowest BCUT2D eigenvalue weighted by Crippen LogP contribution is -2.39. The molecule has 1 aromatic carbocycles. The fraction of sp³-hybridized carbons (Fsp3) is 0.480. The van der Waals surface area contributed by atoms with E-state index in [0.717, 1.165) is 43.0 Å². The highest BCUT2D eigenvalue weighted by Gasteiger charge is 2.34. The van der Waals surface area contributed by atoms with Crippen LogP contribution >= 0.6 is 0 Å².